The van der Waals surface area contributed by atoms with Crippen LogP contribution < -0.4 is 0 Å². The maximum absolute atomic E-state index is 5.89. The molecule has 0 bridgehead atoms. The Morgan fingerprint density at radius 3 is 2.92 bits per heavy atom. The first-order valence-electron chi connectivity index (χ1n) is 3.62. The van der Waals surface area contributed by atoms with Crippen LogP contribution in [0.2, 0.25) is 5.15 Å². The van der Waals surface area contributed by atoms with Crippen molar-refractivity contribution < 1.29 is 0 Å². The van der Waals surface area contributed by atoms with E-state index in [0.29, 0.717) is 16.6 Å². The molecule has 0 aliphatic carbocycles. The van der Waals surface area contributed by atoms with E-state index < -0.39 is 0 Å². The third-order valence-corrected chi connectivity index (χ3v) is 2.24. The third-order valence-electron chi connectivity index (χ3n) is 1.71. The van der Waals surface area contributed by atoms with Crippen molar-refractivity contribution >= 4 is 34.2 Å². The second-order valence-electron chi connectivity index (χ2n) is 2.57. The smallest absolute Gasteiger partial charge is 0.162 e. The van der Waals surface area contributed by atoms with Crippen molar-refractivity contribution in [2.75, 3.05) is 0 Å². The van der Waals surface area contributed by atoms with Gasteiger partial charge >= 0.3 is 0 Å². The molecule has 0 N–H and O–H groups in total. The van der Waals surface area contributed by atoms with Gasteiger partial charge < -0.3 is 0 Å². The number of alkyl halides is 1. The van der Waals surface area contributed by atoms with Gasteiger partial charge in [0, 0.05) is 7.05 Å². The summed E-state index contributed by atoms with van der Waals surface area (Å²) < 4.78 is 1.64. The van der Waals surface area contributed by atoms with Crippen molar-refractivity contribution in [2.45, 2.75) is 5.88 Å². The zero-order valence-corrected chi connectivity index (χ0v) is 8.34. The molecule has 2 aromatic heterocycles. The summed E-state index contributed by atoms with van der Waals surface area (Å²) in [5, 5.41) is 5.16. The lowest BCUT2D eigenvalue weighted by atomic mass is 10.4. The molecule has 0 aliphatic rings. The quantitative estimate of drug-likeness (QED) is 0.539. The number of nitrogens with zero attached hydrogens (tertiary/aromatic N) is 4. The van der Waals surface area contributed by atoms with E-state index in [4.69, 9.17) is 23.2 Å². The van der Waals surface area contributed by atoms with Crippen LogP contribution in [-0.4, -0.2) is 19.7 Å². The standard InChI is InChI=1S/C7H6Cl2N4/c1-13-7-4(3-10-13)6(9)11-5(2-8)12-7/h3H,2H2,1H3. The summed E-state index contributed by atoms with van der Waals surface area (Å²) in [5.41, 5.74) is 0.704. The van der Waals surface area contributed by atoms with Crippen molar-refractivity contribution in [3.8, 4) is 0 Å². The molecule has 2 rings (SSSR count). The van der Waals surface area contributed by atoms with Crippen LogP contribution >= 0.6 is 23.2 Å². The number of aryl methyl sites for hydroxylation is 1. The Balaban J connectivity index is 2.80. The van der Waals surface area contributed by atoms with Gasteiger partial charge in [-0.1, -0.05) is 11.6 Å². The van der Waals surface area contributed by atoms with Crippen LogP contribution in [0.1, 0.15) is 5.82 Å². The highest BCUT2D eigenvalue weighted by Gasteiger charge is 2.08. The molecule has 2 heterocycles. The Morgan fingerprint density at radius 1 is 1.46 bits per heavy atom. The highest BCUT2D eigenvalue weighted by molar-refractivity contribution is 6.33. The molecule has 0 amide bonds. The molecule has 0 aliphatic heterocycles. The van der Waals surface area contributed by atoms with Gasteiger partial charge in [0.05, 0.1) is 17.5 Å². The summed E-state index contributed by atoms with van der Waals surface area (Å²) >= 11 is 11.5. The third kappa shape index (κ3) is 1.36. The lowest BCUT2D eigenvalue weighted by molar-refractivity contribution is 0.782. The number of hydrogen-bond acceptors (Lipinski definition) is 3. The predicted octanol–water partition coefficient (Wildman–Crippen LogP) is 1.76. The van der Waals surface area contributed by atoms with Crippen molar-refractivity contribution in [1.82, 2.24) is 19.7 Å². The summed E-state index contributed by atoms with van der Waals surface area (Å²) in [6.07, 6.45) is 1.63. The molecule has 4 nitrogen and oxygen atoms in total. The Kier molecular flexibility index (Phi) is 2.09. The van der Waals surface area contributed by atoms with E-state index in [-0.39, 0.29) is 5.88 Å². The van der Waals surface area contributed by atoms with Gasteiger partial charge in [-0.25, -0.2) is 9.97 Å². The topological polar surface area (TPSA) is 43.6 Å². The Hall–Kier alpha value is -0.870. The summed E-state index contributed by atoms with van der Waals surface area (Å²) in [5.74, 6) is 0.767. The van der Waals surface area contributed by atoms with Crippen LogP contribution in [0.3, 0.4) is 0 Å². The molecule has 68 valence electrons. The van der Waals surface area contributed by atoms with E-state index in [9.17, 15) is 0 Å². The van der Waals surface area contributed by atoms with E-state index in [0.717, 1.165) is 5.39 Å². The Labute approximate surface area is 84.5 Å². The molecule has 0 saturated heterocycles. The van der Waals surface area contributed by atoms with Crippen LogP contribution in [0, 0.1) is 0 Å². The van der Waals surface area contributed by atoms with Crippen LogP contribution in [0.15, 0.2) is 6.20 Å². The normalized spacial score (nSPS) is 11.0. The van der Waals surface area contributed by atoms with Gasteiger partial charge in [0.25, 0.3) is 0 Å². The van der Waals surface area contributed by atoms with Crippen molar-refractivity contribution in [1.29, 1.82) is 0 Å². The van der Waals surface area contributed by atoms with Gasteiger partial charge in [0.1, 0.15) is 11.0 Å². The van der Waals surface area contributed by atoms with Gasteiger partial charge in [-0.05, 0) is 0 Å². The molecule has 6 heteroatoms. The van der Waals surface area contributed by atoms with Gasteiger partial charge in [0.15, 0.2) is 5.65 Å². The summed E-state index contributed by atoms with van der Waals surface area (Å²) in [6, 6.07) is 0. The van der Waals surface area contributed by atoms with E-state index >= 15 is 0 Å². The summed E-state index contributed by atoms with van der Waals surface area (Å²) in [4.78, 5) is 8.19. The lowest BCUT2D eigenvalue weighted by Crippen LogP contribution is -1.97. The number of rotatable bonds is 1. The molecule has 0 unspecified atom stereocenters. The van der Waals surface area contributed by atoms with E-state index in [1.165, 1.54) is 0 Å². The molecule has 0 saturated carbocycles. The van der Waals surface area contributed by atoms with Crippen LogP contribution in [0.4, 0.5) is 0 Å². The van der Waals surface area contributed by atoms with E-state index in [2.05, 4.69) is 15.1 Å². The zero-order valence-electron chi connectivity index (χ0n) is 6.83. The molecule has 13 heavy (non-hydrogen) atoms. The zero-order chi connectivity index (χ0) is 9.42. The van der Waals surface area contributed by atoms with E-state index in [1.807, 2.05) is 0 Å². The summed E-state index contributed by atoms with van der Waals surface area (Å²) in [6.45, 7) is 0. The number of aromatic nitrogens is 4. The maximum atomic E-state index is 5.89. The predicted molar refractivity (Wildman–Crippen MR) is 50.9 cm³/mol. The van der Waals surface area contributed by atoms with Crippen molar-refractivity contribution in [2.24, 2.45) is 7.05 Å². The second kappa shape index (κ2) is 3.12. The van der Waals surface area contributed by atoms with Gasteiger partial charge in [0.2, 0.25) is 0 Å². The van der Waals surface area contributed by atoms with E-state index in [1.54, 1.807) is 17.9 Å². The largest absolute Gasteiger partial charge is 0.250 e. The second-order valence-corrected chi connectivity index (χ2v) is 3.20. The number of fused-ring (bicyclic) bond motifs is 1. The maximum Gasteiger partial charge on any atom is 0.162 e. The number of halogens is 2. The number of hydrogen-bond donors (Lipinski definition) is 0. The molecule has 0 aromatic carbocycles. The van der Waals surface area contributed by atoms with Gasteiger partial charge in [-0.15, -0.1) is 11.6 Å². The Bertz CT molecular complexity index is 451. The summed E-state index contributed by atoms with van der Waals surface area (Å²) in [7, 11) is 1.80. The minimum Gasteiger partial charge on any atom is -0.250 e. The SMILES string of the molecule is Cn1ncc2c(Cl)nc(CCl)nc21. The molecular formula is C7H6Cl2N4. The first kappa shape index (κ1) is 8.72. The van der Waals surface area contributed by atoms with Gasteiger partial charge in [-0.2, -0.15) is 5.10 Å². The highest BCUT2D eigenvalue weighted by Crippen LogP contribution is 2.19. The fourth-order valence-electron chi connectivity index (χ4n) is 1.09. The minimum absolute atomic E-state index is 0.251. The molecular weight excluding hydrogens is 211 g/mol. The molecule has 0 atom stereocenters. The van der Waals surface area contributed by atoms with Crippen molar-refractivity contribution in [3.63, 3.8) is 0 Å². The fraction of sp³-hybridized carbons (Fsp3) is 0.286. The van der Waals surface area contributed by atoms with Crippen molar-refractivity contribution in [3.05, 3.63) is 17.2 Å². The Morgan fingerprint density at radius 2 is 2.23 bits per heavy atom. The molecule has 0 spiro atoms. The first-order valence-corrected chi connectivity index (χ1v) is 4.53. The van der Waals surface area contributed by atoms with Crippen LogP contribution in [0.25, 0.3) is 11.0 Å². The van der Waals surface area contributed by atoms with Crippen LogP contribution in [0.5, 0.6) is 0 Å². The monoisotopic (exact) mass is 216 g/mol. The minimum atomic E-state index is 0.251. The van der Waals surface area contributed by atoms with Gasteiger partial charge in [-0.3, -0.25) is 4.68 Å². The fourth-order valence-corrected chi connectivity index (χ4v) is 1.44. The molecule has 2 aromatic rings. The van der Waals surface area contributed by atoms with Crippen LogP contribution in [-0.2, 0) is 12.9 Å². The average Bonchev–Trinajstić information content (AvgIpc) is 2.48. The molecule has 0 fully saturated rings. The molecule has 0 radical (unpaired) electrons. The average molecular weight is 217 g/mol. The lowest BCUT2D eigenvalue weighted by Gasteiger charge is -1.97. The highest BCUT2D eigenvalue weighted by atomic mass is 35.5. The first-order chi connectivity index (χ1) is 6.22.